The van der Waals surface area contributed by atoms with Gasteiger partial charge < -0.3 is 10.5 Å². The molecule has 1 saturated heterocycles. The number of ether oxygens (including phenoxy) is 1. The molecule has 110 valence electrons. The molecule has 6 nitrogen and oxygen atoms in total. The average molecular weight is 298 g/mol. The van der Waals surface area contributed by atoms with E-state index in [0.29, 0.717) is 18.7 Å². The minimum absolute atomic E-state index is 0.139. The van der Waals surface area contributed by atoms with Crippen LogP contribution in [0.5, 0.6) is 0 Å². The number of sulfonamides is 1. The van der Waals surface area contributed by atoms with Crippen molar-refractivity contribution < 1.29 is 17.9 Å². The summed E-state index contributed by atoms with van der Waals surface area (Å²) in [7, 11) is -2.27. The molecular weight excluding hydrogens is 280 g/mol. The Labute approximate surface area is 118 Å². The van der Waals surface area contributed by atoms with Gasteiger partial charge in [-0.1, -0.05) is 0 Å². The zero-order chi connectivity index (χ0) is 14.8. The van der Waals surface area contributed by atoms with Crippen molar-refractivity contribution in [2.45, 2.75) is 23.8 Å². The van der Waals surface area contributed by atoms with E-state index in [4.69, 9.17) is 5.73 Å². The summed E-state index contributed by atoms with van der Waals surface area (Å²) in [4.78, 5) is 11.5. The maximum Gasteiger partial charge on any atom is 0.337 e. The van der Waals surface area contributed by atoms with Crippen molar-refractivity contribution in [3.8, 4) is 0 Å². The Morgan fingerprint density at radius 1 is 1.40 bits per heavy atom. The number of hydrogen-bond acceptors (Lipinski definition) is 5. The van der Waals surface area contributed by atoms with Gasteiger partial charge in [-0.05, 0) is 37.1 Å². The van der Waals surface area contributed by atoms with Gasteiger partial charge in [0.25, 0.3) is 0 Å². The van der Waals surface area contributed by atoms with Gasteiger partial charge in [0.1, 0.15) is 0 Å². The van der Waals surface area contributed by atoms with Crippen molar-refractivity contribution in [3.05, 3.63) is 29.8 Å². The van der Waals surface area contributed by atoms with Crippen LogP contribution < -0.4 is 5.73 Å². The lowest BCUT2D eigenvalue weighted by Gasteiger charge is -2.22. The molecule has 1 aromatic rings. The third-order valence-electron chi connectivity index (χ3n) is 3.48. The fourth-order valence-corrected chi connectivity index (χ4v) is 4.08. The fourth-order valence-electron chi connectivity index (χ4n) is 2.38. The molecule has 20 heavy (non-hydrogen) atoms. The molecule has 1 unspecified atom stereocenters. The predicted octanol–water partition coefficient (Wildman–Crippen LogP) is 0.585. The second-order valence-corrected chi connectivity index (χ2v) is 6.55. The van der Waals surface area contributed by atoms with E-state index in [1.807, 2.05) is 0 Å². The normalized spacial score (nSPS) is 20.0. The molecule has 1 fully saturated rings. The number of esters is 1. The quantitative estimate of drug-likeness (QED) is 0.821. The first kappa shape index (κ1) is 15.0. The largest absolute Gasteiger partial charge is 0.465 e. The van der Waals surface area contributed by atoms with Crippen LogP contribution in [0.25, 0.3) is 0 Å². The first-order chi connectivity index (χ1) is 9.50. The number of benzene rings is 1. The lowest BCUT2D eigenvalue weighted by Crippen LogP contribution is -2.39. The lowest BCUT2D eigenvalue weighted by atomic mass is 10.2. The van der Waals surface area contributed by atoms with Crippen molar-refractivity contribution in [1.82, 2.24) is 4.31 Å². The lowest BCUT2D eigenvalue weighted by molar-refractivity contribution is 0.0600. The molecule has 0 amide bonds. The molecule has 0 spiro atoms. The third-order valence-corrected chi connectivity index (χ3v) is 5.44. The first-order valence-corrected chi connectivity index (χ1v) is 7.85. The predicted molar refractivity (Wildman–Crippen MR) is 73.7 cm³/mol. The summed E-state index contributed by atoms with van der Waals surface area (Å²) in [5, 5.41) is 0. The van der Waals surface area contributed by atoms with Gasteiger partial charge in [0.2, 0.25) is 10.0 Å². The monoisotopic (exact) mass is 298 g/mol. The minimum atomic E-state index is -3.55. The molecule has 1 atom stereocenters. The number of hydrogen-bond donors (Lipinski definition) is 1. The SMILES string of the molecule is COC(=O)c1ccc(S(=O)(=O)N2CCCC2CN)cc1. The molecule has 0 aliphatic carbocycles. The van der Waals surface area contributed by atoms with Crippen LogP contribution in [0.2, 0.25) is 0 Å². The molecule has 1 heterocycles. The summed E-state index contributed by atoms with van der Waals surface area (Å²) in [5.74, 6) is -0.491. The molecule has 1 aromatic carbocycles. The summed E-state index contributed by atoms with van der Waals surface area (Å²) in [6.45, 7) is 0.808. The van der Waals surface area contributed by atoms with Crippen LogP contribution in [0.3, 0.4) is 0 Å². The molecule has 0 saturated carbocycles. The van der Waals surface area contributed by atoms with Gasteiger partial charge in [0, 0.05) is 19.1 Å². The van der Waals surface area contributed by atoms with Crippen LogP contribution in [0.15, 0.2) is 29.2 Å². The van der Waals surface area contributed by atoms with Crippen molar-refractivity contribution in [3.63, 3.8) is 0 Å². The number of carbonyl (C=O) groups is 1. The van der Waals surface area contributed by atoms with E-state index in [0.717, 1.165) is 12.8 Å². The molecule has 2 rings (SSSR count). The van der Waals surface area contributed by atoms with Crippen LogP contribution >= 0.6 is 0 Å². The van der Waals surface area contributed by atoms with Crippen LogP contribution in [0.4, 0.5) is 0 Å². The van der Waals surface area contributed by atoms with Crippen molar-refractivity contribution in [1.29, 1.82) is 0 Å². The summed E-state index contributed by atoms with van der Waals surface area (Å²) >= 11 is 0. The summed E-state index contributed by atoms with van der Waals surface area (Å²) < 4.78 is 31.0. The number of nitrogens with zero attached hydrogens (tertiary/aromatic N) is 1. The molecule has 0 aromatic heterocycles. The maximum atomic E-state index is 12.5. The second-order valence-electron chi connectivity index (χ2n) is 4.66. The standard InChI is InChI=1S/C13H18N2O4S/c1-19-13(16)10-4-6-12(7-5-10)20(17,18)15-8-2-3-11(15)9-14/h4-7,11H,2-3,8-9,14H2,1H3. The molecule has 0 bridgehead atoms. The highest BCUT2D eigenvalue weighted by atomic mass is 32.2. The van der Waals surface area contributed by atoms with Crippen molar-refractivity contribution in [2.24, 2.45) is 5.73 Å². The Bertz CT molecular complexity index is 583. The van der Waals surface area contributed by atoms with Crippen LogP contribution in [-0.4, -0.2) is 44.9 Å². The van der Waals surface area contributed by atoms with Gasteiger partial charge in [-0.3, -0.25) is 0 Å². The Morgan fingerprint density at radius 2 is 2.05 bits per heavy atom. The van der Waals surface area contributed by atoms with Gasteiger partial charge in [-0.15, -0.1) is 0 Å². The van der Waals surface area contributed by atoms with E-state index in [9.17, 15) is 13.2 Å². The highest BCUT2D eigenvalue weighted by Gasteiger charge is 2.34. The summed E-state index contributed by atoms with van der Waals surface area (Å²) in [6.07, 6.45) is 1.61. The van der Waals surface area contributed by atoms with Crippen LogP contribution in [0, 0.1) is 0 Å². The van der Waals surface area contributed by atoms with Gasteiger partial charge in [-0.25, -0.2) is 13.2 Å². The topological polar surface area (TPSA) is 89.7 Å². The van der Waals surface area contributed by atoms with Crippen molar-refractivity contribution in [2.75, 3.05) is 20.2 Å². The molecular formula is C13H18N2O4S. The Balaban J connectivity index is 2.28. The van der Waals surface area contributed by atoms with Crippen molar-refractivity contribution >= 4 is 16.0 Å². The van der Waals surface area contributed by atoms with E-state index in [2.05, 4.69) is 4.74 Å². The third kappa shape index (κ3) is 2.70. The molecule has 1 aliphatic heterocycles. The second kappa shape index (κ2) is 5.90. The minimum Gasteiger partial charge on any atom is -0.465 e. The Morgan fingerprint density at radius 3 is 2.60 bits per heavy atom. The average Bonchev–Trinajstić information content (AvgIpc) is 2.95. The molecule has 7 heteroatoms. The molecule has 1 aliphatic rings. The Kier molecular flexibility index (Phi) is 4.42. The highest BCUT2D eigenvalue weighted by molar-refractivity contribution is 7.89. The van der Waals surface area contributed by atoms with E-state index in [1.165, 1.54) is 35.7 Å². The zero-order valence-electron chi connectivity index (χ0n) is 11.3. The molecule has 2 N–H and O–H groups in total. The van der Waals surface area contributed by atoms with Gasteiger partial charge in [-0.2, -0.15) is 4.31 Å². The number of carbonyl (C=O) groups excluding carboxylic acids is 1. The fraction of sp³-hybridized carbons (Fsp3) is 0.462. The van der Waals surface area contributed by atoms with E-state index < -0.39 is 16.0 Å². The van der Waals surface area contributed by atoms with Gasteiger partial charge >= 0.3 is 5.97 Å². The zero-order valence-corrected chi connectivity index (χ0v) is 12.1. The smallest absolute Gasteiger partial charge is 0.337 e. The first-order valence-electron chi connectivity index (χ1n) is 6.41. The number of nitrogens with two attached hydrogens (primary N) is 1. The summed E-state index contributed by atoms with van der Waals surface area (Å²) in [5.41, 5.74) is 5.94. The summed E-state index contributed by atoms with van der Waals surface area (Å²) in [6, 6.07) is 5.61. The van der Waals surface area contributed by atoms with Gasteiger partial charge in [0.15, 0.2) is 0 Å². The molecule has 0 radical (unpaired) electrons. The van der Waals surface area contributed by atoms with Crippen LogP contribution in [0.1, 0.15) is 23.2 Å². The highest BCUT2D eigenvalue weighted by Crippen LogP contribution is 2.25. The van der Waals surface area contributed by atoms with Crippen LogP contribution in [-0.2, 0) is 14.8 Å². The van der Waals surface area contributed by atoms with E-state index >= 15 is 0 Å². The Hall–Kier alpha value is -1.44. The van der Waals surface area contributed by atoms with Gasteiger partial charge in [0.05, 0.1) is 17.6 Å². The number of rotatable bonds is 4. The maximum absolute atomic E-state index is 12.5. The van der Waals surface area contributed by atoms with E-state index in [1.54, 1.807) is 0 Å². The number of methoxy groups -OCH3 is 1. The van der Waals surface area contributed by atoms with E-state index in [-0.39, 0.29) is 10.9 Å².